The first-order valence-corrected chi connectivity index (χ1v) is 6.55. The second-order valence-electron chi connectivity index (χ2n) is 5.17. The summed E-state index contributed by atoms with van der Waals surface area (Å²) >= 11 is 0. The van der Waals surface area contributed by atoms with Gasteiger partial charge in [0.25, 0.3) is 0 Å². The molecular weight excluding hydrogens is 212 g/mol. The van der Waals surface area contributed by atoms with Crippen LogP contribution < -0.4 is 5.32 Å². The van der Waals surface area contributed by atoms with Crippen molar-refractivity contribution in [3.63, 3.8) is 0 Å². The molecule has 2 rings (SSSR count). The molecule has 0 spiro atoms. The van der Waals surface area contributed by atoms with Gasteiger partial charge in [-0.15, -0.1) is 0 Å². The summed E-state index contributed by atoms with van der Waals surface area (Å²) in [5, 5.41) is 13.8. The van der Waals surface area contributed by atoms with Gasteiger partial charge in [-0.2, -0.15) is 0 Å². The van der Waals surface area contributed by atoms with Gasteiger partial charge in [0.1, 0.15) is 0 Å². The molecule has 1 aromatic rings. The molecule has 0 bridgehead atoms. The number of aliphatic hydroxyl groups is 1. The van der Waals surface area contributed by atoms with Crippen LogP contribution in [0.5, 0.6) is 0 Å². The molecule has 3 nitrogen and oxygen atoms in total. The van der Waals surface area contributed by atoms with E-state index in [1.807, 2.05) is 24.5 Å². The summed E-state index contributed by atoms with van der Waals surface area (Å²) < 4.78 is 0. The predicted octanol–water partition coefficient (Wildman–Crippen LogP) is 2.43. The standard InChI is InChI=1S/C14H22N2O/c1-12(13-5-9-15-10-6-13)16-11-14(17)7-3-2-4-8-14/h5-6,9-10,12,16-17H,2-4,7-8,11H2,1H3/t12-/m0/s1. The third kappa shape index (κ3) is 3.51. The van der Waals surface area contributed by atoms with Gasteiger partial charge in [0, 0.05) is 25.0 Å². The Hall–Kier alpha value is -0.930. The number of nitrogens with zero attached hydrogens (tertiary/aromatic N) is 1. The van der Waals surface area contributed by atoms with Crippen molar-refractivity contribution in [3.05, 3.63) is 30.1 Å². The second-order valence-corrected chi connectivity index (χ2v) is 5.17. The van der Waals surface area contributed by atoms with Crippen molar-refractivity contribution >= 4 is 0 Å². The average molecular weight is 234 g/mol. The molecule has 1 aromatic heterocycles. The maximum atomic E-state index is 10.4. The van der Waals surface area contributed by atoms with Crippen molar-refractivity contribution in [3.8, 4) is 0 Å². The van der Waals surface area contributed by atoms with Crippen molar-refractivity contribution in [2.75, 3.05) is 6.54 Å². The van der Waals surface area contributed by atoms with E-state index in [1.165, 1.54) is 12.0 Å². The molecule has 1 fully saturated rings. The topological polar surface area (TPSA) is 45.1 Å². The summed E-state index contributed by atoms with van der Waals surface area (Å²) in [7, 11) is 0. The summed E-state index contributed by atoms with van der Waals surface area (Å²) in [4.78, 5) is 4.01. The number of rotatable bonds is 4. The number of pyridine rings is 1. The molecule has 1 aliphatic carbocycles. The Morgan fingerprint density at radius 2 is 1.94 bits per heavy atom. The van der Waals surface area contributed by atoms with Crippen molar-refractivity contribution in [2.24, 2.45) is 0 Å². The van der Waals surface area contributed by atoms with Gasteiger partial charge in [-0.05, 0) is 37.5 Å². The van der Waals surface area contributed by atoms with Crippen LogP contribution in [-0.4, -0.2) is 22.2 Å². The zero-order chi connectivity index (χ0) is 12.1. The van der Waals surface area contributed by atoms with Crippen LogP contribution in [0.4, 0.5) is 0 Å². The molecule has 1 aliphatic rings. The quantitative estimate of drug-likeness (QED) is 0.841. The molecule has 0 radical (unpaired) electrons. The first-order valence-electron chi connectivity index (χ1n) is 6.55. The lowest BCUT2D eigenvalue weighted by Crippen LogP contribution is -2.42. The fraction of sp³-hybridized carbons (Fsp3) is 0.643. The number of hydrogen-bond acceptors (Lipinski definition) is 3. The van der Waals surface area contributed by atoms with Gasteiger partial charge in [0.15, 0.2) is 0 Å². The Morgan fingerprint density at radius 3 is 2.59 bits per heavy atom. The van der Waals surface area contributed by atoms with Crippen LogP contribution in [0.15, 0.2) is 24.5 Å². The highest BCUT2D eigenvalue weighted by atomic mass is 16.3. The Bertz CT molecular complexity index is 333. The van der Waals surface area contributed by atoms with Gasteiger partial charge < -0.3 is 10.4 Å². The molecule has 0 saturated heterocycles. The fourth-order valence-corrected chi connectivity index (χ4v) is 2.50. The third-order valence-corrected chi connectivity index (χ3v) is 3.73. The van der Waals surface area contributed by atoms with Crippen LogP contribution in [-0.2, 0) is 0 Å². The van der Waals surface area contributed by atoms with Gasteiger partial charge in [0.05, 0.1) is 5.60 Å². The number of hydrogen-bond donors (Lipinski definition) is 2. The van der Waals surface area contributed by atoms with E-state index in [0.29, 0.717) is 6.54 Å². The van der Waals surface area contributed by atoms with E-state index in [9.17, 15) is 5.11 Å². The first-order chi connectivity index (χ1) is 8.20. The van der Waals surface area contributed by atoms with Crippen molar-refractivity contribution in [2.45, 2.75) is 50.7 Å². The minimum Gasteiger partial charge on any atom is -0.389 e. The van der Waals surface area contributed by atoms with E-state index in [0.717, 1.165) is 25.7 Å². The fourth-order valence-electron chi connectivity index (χ4n) is 2.50. The second kappa shape index (κ2) is 5.61. The lowest BCUT2D eigenvalue weighted by Gasteiger charge is -2.33. The van der Waals surface area contributed by atoms with Crippen molar-refractivity contribution in [1.82, 2.24) is 10.3 Å². The van der Waals surface area contributed by atoms with Crippen LogP contribution in [0.1, 0.15) is 50.6 Å². The summed E-state index contributed by atoms with van der Waals surface area (Å²) in [5.74, 6) is 0. The third-order valence-electron chi connectivity index (χ3n) is 3.73. The Kier molecular flexibility index (Phi) is 4.13. The van der Waals surface area contributed by atoms with E-state index in [1.54, 1.807) is 0 Å². The minimum absolute atomic E-state index is 0.268. The molecule has 1 atom stereocenters. The van der Waals surface area contributed by atoms with Gasteiger partial charge in [-0.25, -0.2) is 0 Å². The van der Waals surface area contributed by atoms with E-state index >= 15 is 0 Å². The lowest BCUT2D eigenvalue weighted by molar-refractivity contribution is 0.00300. The molecule has 0 unspecified atom stereocenters. The molecule has 2 N–H and O–H groups in total. The van der Waals surface area contributed by atoms with Crippen LogP contribution in [0.25, 0.3) is 0 Å². The Labute approximate surface area is 103 Å². The van der Waals surface area contributed by atoms with Crippen LogP contribution in [0.2, 0.25) is 0 Å². The van der Waals surface area contributed by atoms with E-state index in [2.05, 4.69) is 17.2 Å². The highest BCUT2D eigenvalue weighted by Crippen LogP contribution is 2.27. The summed E-state index contributed by atoms with van der Waals surface area (Å²) in [6.07, 6.45) is 9.06. The molecule has 17 heavy (non-hydrogen) atoms. The Morgan fingerprint density at radius 1 is 1.29 bits per heavy atom. The summed E-state index contributed by atoms with van der Waals surface area (Å²) in [6.45, 7) is 2.82. The monoisotopic (exact) mass is 234 g/mol. The van der Waals surface area contributed by atoms with Gasteiger partial charge in [-0.1, -0.05) is 19.3 Å². The largest absolute Gasteiger partial charge is 0.389 e. The maximum absolute atomic E-state index is 10.4. The van der Waals surface area contributed by atoms with Crippen LogP contribution >= 0.6 is 0 Å². The van der Waals surface area contributed by atoms with Crippen LogP contribution in [0, 0.1) is 0 Å². The highest BCUT2D eigenvalue weighted by molar-refractivity contribution is 5.14. The SMILES string of the molecule is C[C@H](NCC1(O)CCCCC1)c1ccncc1. The number of aromatic nitrogens is 1. The van der Waals surface area contributed by atoms with Crippen LogP contribution in [0.3, 0.4) is 0 Å². The molecule has 0 aliphatic heterocycles. The molecule has 0 amide bonds. The first kappa shape index (κ1) is 12.5. The van der Waals surface area contributed by atoms with E-state index in [4.69, 9.17) is 0 Å². The number of nitrogens with one attached hydrogen (secondary N) is 1. The van der Waals surface area contributed by atoms with Crippen molar-refractivity contribution < 1.29 is 5.11 Å². The Balaban J connectivity index is 1.85. The maximum Gasteiger partial charge on any atom is 0.0771 e. The summed E-state index contributed by atoms with van der Waals surface area (Å²) in [6, 6.07) is 4.30. The highest BCUT2D eigenvalue weighted by Gasteiger charge is 2.29. The molecule has 1 heterocycles. The lowest BCUT2D eigenvalue weighted by atomic mass is 9.84. The van der Waals surface area contributed by atoms with Gasteiger partial charge in [-0.3, -0.25) is 4.98 Å². The zero-order valence-corrected chi connectivity index (χ0v) is 10.5. The summed E-state index contributed by atoms with van der Waals surface area (Å²) in [5.41, 5.74) is 0.735. The average Bonchev–Trinajstić information content (AvgIpc) is 2.38. The van der Waals surface area contributed by atoms with Gasteiger partial charge in [0.2, 0.25) is 0 Å². The molecule has 94 valence electrons. The van der Waals surface area contributed by atoms with Gasteiger partial charge >= 0.3 is 0 Å². The molecular formula is C14H22N2O. The van der Waals surface area contributed by atoms with Crippen molar-refractivity contribution in [1.29, 1.82) is 0 Å². The van der Waals surface area contributed by atoms with E-state index in [-0.39, 0.29) is 6.04 Å². The normalized spacial score (nSPS) is 21.1. The predicted molar refractivity (Wildman–Crippen MR) is 68.7 cm³/mol. The molecule has 0 aromatic carbocycles. The minimum atomic E-state index is -0.487. The zero-order valence-electron chi connectivity index (χ0n) is 10.5. The molecule has 3 heteroatoms. The molecule has 1 saturated carbocycles. The van der Waals surface area contributed by atoms with E-state index < -0.39 is 5.60 Å². The smallest absolute Gasteiger partial charge is 0.0771 e.